The van der Waals surface area contributed by atoms with Crippen molar-refractivity contribution in [3.8, 4) is 0 Å². The third-order valence-electron chi connectivity index (χ3n) is 1.21. The topological polar surface area (TPSA) is 21.9 Å². The van der Waals surface area contributed by atoms with Gasteiger partial charge in [0.2, 0.25) is 0 Å². The highest BCUT2D eigenvalue weighted by Crippen LogP contribution is 2.43. The first kappa shape index (κ1) is 4.21. The van der Waals surface area contributed by atoms with E-state index in [1.807, 2.05) is 18.2 Å². The number of rotatable bonds is 0. The van der Waals surface area contributed by atoms with Crippen molar-refractivity contribution < 1.29 is 0 Å². The summed E-state index contributed by atoms with van der Waals surface area (Å²) < 4.78 is 0. The van der Waals surface area contributed by atoms with Crippen LogP contribution < -0.4 is 5.32 Å². The molecule has 0 aromatic heterocycles. The van der Waals surface area contributed by atoms with Gasteiger partial charge in [-0.05, 0) is 12.1 Å². The molecule has 0 atom stereocenters. The molecule has 0 radical (unpaired) electrons. The second kappa shape index (κ2) is 1.17. The first-order valence-corrected chi connectivity index (χ1v) is 2.81. The van der Waals surface area contributed by atoms with Crippen LogP contribution >= 0.6 is 11.6 Å². The van der Waals surface area contributed by atoms with Crippen molar-refractivity contribution in [2.24, 2.45) is 0 Å². The maximum Gasteiger partial charge on any atom is 0.0813 e. The monoisotopic (exact) mass is 125 g/mol. The smallest absolute Gasteiger partial charge is 0.0813 e. The van der Waals surface area contributed by atoms with Gasteiger partial charge in [-0.15, -0.1) is 0 Å². The predicted octanol–water partition coefficient (Wildman–Crippen LogP) is 2.40. The summed E-state index contributed by atoms with van der Waals surface area (Å²) in [6, 6.07) is 5.81. The zero-order valence-corrected chi connectivity index (χ0v) is 4.87. The van der Waals surface area contributed by atoms with Crippen LogP contribution in [-0.4, -0.2) is 0 Å². The molecule has 0 unspecified atom stereocenters. The Balaban J connectivity index is 2.70. The Morgan fingerprint density at radius 2 is 2.25 bits per heavy atom. The molecule has 0 saturated heterocycles. The van der Waals surface area contributed by atoms with E-state index >= 15 is 0 Å². The van der Waals surface area contributed by atoms with E-state index in [1.54, 1.807) is 0 Å². The number of para-hydroxylation sites is 1. The van der Waals surface area contributed by atoms with Crippen LogP contribution in [0.2, 0.25) is 5.02 Å². The molecule has 0 saturated carbocycles. The molecule has 0 amide bonds. The van der Waals surface area contributed by atoms with Gasteiger partial charge < -0.3 is 5.32 Å². The minimum Gasteiger partial charge on any atom is -0.351 e. The lowest BCUT2D eigenvalue weighted by Gasteiger charge is -1.76. The van der Waals surface area contributed by atoms with Crippen molar-refractivity contribution in [2.75, 3.05) is 5.32 Å². The van der Waals surface area contributed by atoms with Crippen LogP contribution in [0.15, 0.2) is 18.2 Å². The maximum atomic E-state index is 5.70. The Morgan fingerprint density at radius 1 is 1.38 bits per heavy atom. The molecule has 8 heavy (non-hydrogen) atoms. The van der Waals surface area contributed by atoms with E-state index in [0.717, 1.165) is 16.4 Å². The van der Waals surface area contributed by atoms with Gasteiger partial charge in [0, 0.05) is 0 Å². The van der Waals surface area contributed by atoms with E-state index in [0.29, 0.717) is 0 Å². The average molecular weight is 126 g/mol. The molecule has 40 valence electrons. The van der Waals surface area contributed by atoms with E-state index in [2.05, 4.69) is 5.32 Å². The highest BCUT2D eigenvalue weighted by Gasteiger charge is 2.17. The van der Waals surface area contributed by atoms with Gasteiger partial charge in [-0.25, -0.2) is 0 Å². The highest BCUT2D eigenvalue weighted by molar-refractivity contribution is 6.35. The number of fused-ring (bicyclic) bond motifs is 1. The summed E-state index contributed by atoms with van der Waals surface area (Å²) in [4.78, 5) is 0. The van der Waals surface area contributed by atoms with Gasteiger partial charge in [-0.1, -0.05) is 17.7 Å². The number of hydrogen-bond donors (Lipinski definition) is 1. The van der Waals surface area contributed by atoms with Gasteiger partial charge >= 0.3 is 0 Å². The summed E-state index contributed by atoms with van der Waals surface area (Å²) in [5.41, 5.74) is 2.26. The lowest BCUT2D eigenvalue weighted by molar-refractivity contribution is 1.86. The fraction of sp³-hybridized carbons (Fsp3) is 0. The number of halogens is 1. The largest absolute Gasteiger partial charge is 0.351 e. The van der Waals surface area contributed by atoms with Crippen LogP contribution in [0.25, 0.3) is 0 Å². The summed E-state index contributed by atoms with van der Waals surface area (Å²) in [5, 5.41) is 3.85. The normalized spacial score (nSPS) is 12.1. The standard InChI is InChI=1S/C6H4ClN/c7-4-2-1-3-5-6(4)8-5/h1-3,8H. The van der Waals surface area contributed by atoms with Crippen molar-refractivity contribution in [3.63, 3.8) is 0 Å². The predicted molar refractivity (Wildman–Crippen MR) is 34.7 cm³/mol. The van der Waals surface area contributed by atoms with Crippen LogP contribution in [0.5, 0.6) is 0 Å². The third kappa shape index (κ3) is 0.421. The van der Waals surface area contributed by atoms with Crippen molar-refractivity contribution in [3.05, 3.63) is 23.2 Å². The Kier molecular flexibility index (Phi) is 0.619. The molecule has 1 N–H and O–H groups in total. The van der Waals surface area contributed by atoms with E-state index in [9.17, 15) is 0 Å². The molecule has 0 aliphatic carbocycles. The van der Waals surface area contributed by atoms with Gasteiger partial charge in [0.1, 0.15) is 0 Å². The van der Waals surface area contributed by atoms with E-state index in [1.165, 1.54) is 0 Å². The summed E-state index contributed by atoms with van der Waals surface area (Å²) in [6.45, 7) is 0. The average Bonchev–Trinajstić information content (AvgIpc) is 2.45. The molecule has 1 aliphatic heterocycles. The maximum absolute atomic E-state index is 5.70. The number of hydrogen-bond acceptors (Lipinski definition) is 1. The first-order chi connectivity index (χ1) is 3.88. The molecular weight excluding hydrogens is 122 g/mol. The molecule has 1 nitrogen and oxygen atoms in total. The van der Waals surface area contributed by atoms with Crippen molar-refractivity contribution in [1.82, 2.24) is 0 Å². The van der Waals surface area contributed by atoms with Gasteiger partial charge in [0.15, 0.2) is 0 Å². The number of anilines is 2. The number of nitrogens with one attached hydrogen (secondary N) is 1. The zero-order valence-electron chi connectivity index (χ0n) is 4.11. The quantitative estimate of drug-likeness (QED) is 0.537. The van der Waals surface area contributed by atoms with Crippen LogP contribution in [0.3, 0.4) is 0 Å². The summed E-state index contributed by atoms with van der Waals surface area (Å²) in [6.07, 6.45) is 0. The minimum atomic E-state index is 0.822. The number of benzene rings is 1. The van der Waals surface area contributed by atoms with E-state index < -0.39 is 0 Å². The van der Waals surface area contributed by atoms with Crippen molar-refractivity contribution >= 4 is 23.0 Å². The lowest BCUT2D eigenvalue weighted by atomic mass is 10.4. The second-order valence-electron chi connectivity index (χ2n) is 1.79. The lowest BCUT2D eigenvalue weighted by Crippen LogP contribution is -1.50. The summed E-state index contributed by atoms with van der Waals surface area (Å²) in [7, 11) is 0. The molecule has 2 heteroatoms. The fourth-order valence-corrected chi connectivity index (χ4v) is 0.951. The Labute approximate surface area is 52.3 Å². The molecule has 1 aromatic carbocycles. The van der Waals surface area contributed by atoms with Gasteiger partial charge in [0.25, 0.3) is 0 Å². The van der Waals surface area contributed by atoms with Crippen molar-refractivity contribution in [2.45, 2.75) is 0 Å². The molecule has 1 aromatic rings. The van der Waals surface area contributed by atoms with Crippen molar-refractivity contribution in [1.29, 1.82) is 0 Å². The Hall–Kier alpha value is -0.690. The van der Waals surface area contributed by atoms with Gasteiger partial charge in [0.05, 0.1) is 16.4 Å². The molecule has 1 heterocycles. The second-order valence-corrected chi connectivity index (χ2v) is 2.19. The summed E-state index contributed by atoms with van der Waals surface area (Å²) in [5.74, 6) is 0. The van der Waals surface area contributed by atoms with Crippen LogP contribution in [-0.2, 0) is 0 Å². The van der Waals surface area contributed by atoms with E-state index in [4.69, 9.17) is 11.6 Å². The summed E-state index contributed by atoms with van der Waals surface area (Å²) >= 11 is 5.70. The SMILES string of the molecule is Clc1cccc2c1N2. The Bertz CT molecular complexity index is 232. The molecule has 2 rings (SSSR count). The minimum absolute atomic E-state index is 0.822. The zero-order chi connectivity index (χ0) is 5.56. The molecular formula is C6H4ClN. The van der Waals surface area contributed by atoms with E-state index in [-0.39, 0.29) is 0 Å². The first-order valence-electron chi connectivity index (χ1n) is 2.43. The van der Waals surface area contributed by atoms with Gasteiger partial charge in [-0.2, -0.15) is 0 Å². The van der Waals surface area contributed by atoms with Crippen LogP contribution in [0, 0.1) is 0 Å². The fourth-order valence-electron chi connectivity index (χ4n) is 0.729. The van der Waals surface area contributed by atoms with Crippen LogP contribution in [0.4, 0.5) is 11.4 Å². The molecule has 0 bridgehead atoms. The molecule has 0 spiro atoms. The van der Waals surface area contributed by atoms with Crippen LogP contribution in [0.1, 0.15) is 0 Å². The third-order valence-corrected chi connectivity index (χ3v) is 1.53. The highest BCUT2D eigenvalue weighted by atomic mass is 35.5. The molecule has 0 fully saturated rings. The Morgan fingerprint density at radius 3 is 2.88 bits per heavy atom. The molecule has 1 aliphatic rings. The van der Waals surface area contributed by atoms with Gasteiger partial charge in [-0.3, -0.25) is 0 Å².